The number of ether oxygens (including phenoxy) is 2. The molecule has 31 heavy (non-hydrogen) atoms. The van der Waals surface area contributed by atoms with Crippen LogP contribution in [0.5, 0.6) is 11.5 Å². The summed E-state index contributed by atoms with van der Waals surface area (Å²) in [6, 6.07) is 3.92. The summed E-state index contributed by atoms with van der Waals surface area (Å²) in [5.74, 6) is 0.179. The number of halogens is 3. The lowest BCUT2D eigenvalue weighted by atomic mass is 9.89. The third kappa shape index (κ3) is 3.56. The van der Waals surface area contributed by atoms with Crippen molar-refractivity contribution in [1.29, 1.82) is 0 Å². The minimum Gasteiger partial charge on any atom is -0.493 e. The Morgan fingerprint density at radius 2 is 1.84 bits per heavy atom. The Balaban J connectivity index is 2.14. The molecule has 3 aromatic rings. The van der Waals surface area contributed by atoms with Crippen LogP contribution < -0.4 is 15.2 Å². The summed E-state index contributed by atoms with van der Waals surface area (Å²) in [5, 5.41) is 0. The summed E-state index contributed by atoms with van der Waals surface area (Å²) in [6.45, 7) is 2.03. The molecule has 1 aliphatic heterocycles. The van der Waals surface area contributed by atoms with Gasteiger partial charge in [-0.05, 0) is 42.3 Å². The van der Waals surface area contributed by atoms with Crippen molar-refractivity contribution in [2.45, 2.75) is 19.1 Å². The average molecular weight is 456 g/mol. The van der Waals surface area contributed by atoms with Gasteiger partial charge in [0.25, 0.3) is 0 Å². The van der Waals surface area contributed by atoms with Gasteiger partial charge in [0.1, 0.15) is 9.84 Å². The average Bonchev–Trinajstić information content (AvgIpc) is 2.99. The van der Waals surface area contributed by atoms with E-state index in [0.29, 0.717) is 16.9 Å². The number of alkyl halides is 3. The van der Waals surface area contributed by atoms with Crippen LogP contribution in [0.3, 0.4) is 0 Å². The number of hydrogen-bond donors (Lipinski definition) is 1. The van der Waals surface area contributed by atoms with Gasteiger partial charge in [-0.2, -0.15) is 13.2 Å². The second-order valence-electron chi connectivity index (χ2n) is 7.35. The van der Waals surface area contributed by atoms with E-state index in [1.807, 2.05) is 0 Å². The van der Waals surface area contributed by atoms with E-state index < -0.39 is 39.1 Å². The van der Waals surface area contributed by atoms with Gasteiger partial charge in [-0.25, -0.2) is 13.2 Å². The van der Waals surface area contributed by atoms with Crippen molar-refractivity contribution in [2.75, 3.05) is 25.7 Å². The maximum atomic E-state index is 13.5. The van der Waals surface area contributed by atoms with Crippen molar-refractivity contribution in [3.05, 3.63) is 45.9 Å². The number of sulfone groups is 1. The van der Waals surface area contributed by atoms with E-state index >= 15 is 0 Å². The summed E-state index contributed by atoms with van der Waals surface area (Å²) in [5.41, 5.74) is -0.553. The second kappa shape index (κ2) is 7.04. The molecule has 2 aromatic carbocycles. The van der Waals surface area contributed by atoms with Crippen LogP contribution in [0, 0.1) is 0 Å². The first-order valence-corrected chi connectivity index (χ1v) is 11.4. The molecule has 4 rings (SSSR count). The summed E-state index contributed by atoms with van der Waals surface area (Å²) in [7, 11) is -2.16. The van der Waals surface area contributed by atoms with Crippen LogP contribution in [0.15, 0.2) is 29.1 Å². The molecule has 0 unspecified atom stereocenters. The third-order valence-electron chi connectivity index (χ3n) is 5.20. The van der Waals surface area contributed by atoms with Crippen molar-refractivity contribution in [3.63, 3.8) is 0 Å². The van der Waals surface area contributed by atoms with Gasteiger partial charge in [0.2, 0.25) is 0 Å². The van der Waals surface area contributed by atoms with Crippen LogP contribution >= 0.6 is 0 Å². The normalized spacial score (nSPS) is 15.7. The van der Waals surface area contributed by atoms with Crippen LogP contribution in [0.25, 0.3) is 22.2 Å². The molecule has 7 nitrogen and oxygen atoms in total. The highest BCUT2D eigenvalue weighted by Gasteiger charge is 2.37. The van der Waals surface area contributed by atoms with E-state index in [-0.39, 0.29) is 29.0 Å². The van der Waals surface area contributed by atoms with Gasteiger partial charge in [-0.1, -0.05) is 0 Å². The number of methoxy groups -OCH3 is 1. The van der Waals surface area contributed by atoms with E-state index in [9.17, 15) is 26.4 Å². The Kier molecular flexibility index (Phi) is 4.84. The van der Waals surface area contributed by atoms with Crippen LogP contribution in [0.4, 0.5) is 13.2 Å². The summed E-state index contributed by atoms with van der Waals surface area (Å²) in [4.78, 5) is 15.2. The van der Waals surface area contributed by atoms with Crippen LogP contribution in [0.1, 0.15) is 24.1 Å². The molecule has 166 valence electrons. The first-order chi connectivity index (χ1) is 14.4. The van der Waals surface area contributed by atoms with E-state index in [4.69, 9.17) is 9.47 Å². The fourth-order valence-corrected chi connectivity index (χ4v) is 4.94. The Hall–Kier alpha value is -2.95. The summed E-state index contributed by atoms with van der Waals surface area (Å²) in [6.07, 6.45) is -3.60. The summed E-state index contributed by atoms with van der Waals surface area (Å²) >= 11 is 0. The quantitative estimate of drug-likeness (QED) is 0.636. The molecule has 0 bridgehead atoms. The highest BCUT2D eigenvalue weighted by molar-refractivity contribution is 7.90. The van der Waals surface area contributed by atoms with Crippen molar-refractivity contribution in [3.8, 4) is 22.6 Å². The Bertz CT molecular complexity index is 1360. The van der Waals surface area contributed by atoms with E-state index in [2.05, 4.69) is 4.98 Å². The predicted molar refractivity (Wildman–Crippen MR) is 109 cm³/mol. The molecule has 1 aromatic heterocycles. The number of H-pyrrole nitrogens is 1. The van der Waals surface area contributed by atoms with Crippen molar-refractivity contribution < 1.29 is 31.1 Å². The maximum absolute atomic E-state index is 13.5. The molecule has 2 heterocycles. The largest absolute Gasteiger partial charge is 0.493 e. The zero-order valence-electron chi connectivity index (χ0n) is 16.8. The van der Waals surface area contributed by atoms with Crippen molar-refractivity contribution >= 4 is 20.9 Å². The highest BCUT2D eigenvalue weighted by atomic mass is 32.2. The van der Waals surface area contributed by atoms with Crippen molar-refractivity contribution in [1.82, 2.24) is 9.55 Å². The molecule has 0 saturated carbocycles. The molecule has 1 aliphatic rings. The molecular formula is C20H19F3N2O5S. The zero-order chi connectivity index (χ0) is 22.7. The van der Waals surface area contributed by atoms with E-state index in [0.717, 1.165) is 18.4 Å². The van der Waals surface area contributed by atoms with Gasteiger partial charge in [0, 0.05) is 11.8 Å². The van der Waals surface area contributed by atoms with Gasteiger partial charge in [-0.3, -0.25) is 4.57 Å². The second-order valence-corrected chi connectivity index (χ2v) is 9.53. The highest BCUT2D eigenvalue weighted by Crippen LogP contribution is 2.47. The number of aromatic amines is 1. The molecule has 0 spiro atoms. The van der Waals surface area contributed by atoms with Gasteiger partial charge in [0.05, 0.1) is 42.1 Å². The van der Waals surface area contributed by atoms with Gasteiger partial charge >= 0.3 is 11.9 Å². The number of benzene rings is 2. The molecule has 0 amide bonds. The number of imidazole rings is 1. The molecule has 1 N–H and O–H groups in total. The van der Waals surface area contributed by atoms with Gasteiger partial charge in [-0.15, -0.1) is 0 Å². The van der Waals surface area contributed by atoms with Crippen LogP contribution in [-0.4, -0.2) is 43.7 Å². The fraction of sp³-hybridized carbons (Fsp3) is 0.350. The lowest BCUT2D eigenvalue weighted by Crippen LogP contribution is -2.30. The number of hydrogen-bond acceptors (Lipinski definition) is 5. The standard InChI is InChI=1S/C20H19F3N2O5S/c1-4-30-17-8-12-11(7-16(17)29-2)13-5-10(20(21,22)23)6-14-18(13)25(19(26)24-14)15(12)9-31(3,27)28/h5-8,15H,4,9H2,1-3H3,(H,24,26)/t15-/m0/s1. The first kappa shape index (κ1) is 21.3. The van der Waals surface area contributed by atoms with Gasteiger partial charge in [0.15, 0.2) is 11.5 Å². The molecule has 1 atom stereocenters. The number of rotatable bonds is 5. The Morgan fingerprint density at radius 1 is 1.13 bits per heavy atom. The number of nitrogens with one attached hydrogen (secondary N) is 1. The van der Waals surface area contributed by atoms with E-state index in [1.165, 1.54) is 23.8 Å². The number of nitrogens with zero attached hydrogens (tertiary/aromatic N) is 1. The molecular weight excluding hydrogens is 437 g/mol. The molecule has 0 aliphatic carbocycles. The Labute approximate surface area is 175 Å². The van der Waals surface area contributed by atoms with Crippen molar-refractivity contribution in [2.24, 2.45) is 0 Å². The molecule has 0 fully saturated rings. The lowest BCUT2D eigenvalue weighted by Gasteiger charge is -2.29. The summed E-state index contributed by atoms with van der Waals surface area (Å²) < 4.78 is 77.0. The minimum absolute atomic E-state index is 0.0215. The van der Waals surface area contributed by atoms with Gasteiger partial charge < -0.3 is 14.5 Å². The molecule has 11 heteroatoms. The molecule has 0 radical (unpaired) electrons. The molecule has 0 saturated heterocycles. The van der Waals surface area contributed by atoms with Crippen LogP contribution in [-0.2, 0) is 16.0 Å². The lowest BCUT2D eigenvalue weighted by molar-refractivity contribution is -0.137. The monoisotopic (exact) mass is 456 g/mol. The predicted octanol–water partition coefficient (Wildman–Crippen LogP) is 3.37. The minimum atomic E-state index is -4.64. The smallest absolute Gasteiger partial charge is 0.416 e. The first-order valence-electron chi connectivity index (χ1n) is 9.33. The Morgan fingerprint density at radius 3 is 2.42 bits per heavy atom. The van der Waals surface area contributed by atoms with E-state index in [1.54, 1.807) is 6.92 Å². The van der Waals surface area contributed by atoms with Crippen LogP contribution in [0.2, 0.25) is 0 Å². The maximum Gasteiger partial charge on any atom is 0.416 e. The fourth-order valence-electron chi connectivity index (χ4n) is 4.04. The third-order valence-corrected chi connectivity index (χ3v) is 6.12. The number of fused-ring (bicyclic) bond motifs is 2. The topological polar surface area (TPSA) is 90.4 Å². The SMILES string of the molecule is CCOc1cc2c(cc1OC)-c1cc(C(F)(F)F)cc3[nH]c(=O)n(c13)[C@H]2CS(C)(=O)=O. The zero-order valence-corrected chi connectivity index (χ0v) is 17.6. The number of aromatic nitrogens is 2.